The average molecular weight is 344 g/mol. The Labute approximate surface area is 148 Å². The Morgan fingerprint density at radius 2 is 2.16 bits per heavy atom. The van der Waals surface area contributed by atoms with E-state index in [4.69, 9.17) is 5.73 Å². The highest BCUT2D eigenvalue weighted by atomic mass is 16.2. The Kier molecular flexibility index (Phi) is 5.65. The molecular weight excluding hydrogens is 316 g/mol. The molecule has 0 bridgehead atoms. The average Bonchev–Trinajstić information content (AvgIpc) is 3.08. The zero-order valence-corrected chi connectivity index (χ0v) is 15.2. The van der Waals surface area contributed by atoms with Crippen LogP contribution in [0.25, 0.3) is 5.65 Å². The van der Waals surface area contributed by atoms with Gasteiger partial charge in [0, 0.05) is 37.6 Å². The Bertz CT molecular complexity index is 723. The fourth-order valence-corrected chi connectivity index (χ4v) is 3.46. The predicted octanol–water partition coefficient (Wildman–Crippen LogP) is 1.38. The third-order valence-electron chi connectivity index (χ3n) is 5.08. The number of hydrogen-bond acceptors (Lipinski definition) is 5. The van der Waals surface area contributed by atoms with Crippen molar-refractivity contribution in [2.75, 3.05) is 32.7 Å². The summed E-state index contributed by atoms with van der Waals surface area (Å²) in [5.41, 5.74) is 8.08. The van der Waals surface area contributed by atoms with E-state index in [0.29, 0.717) is 23.7 Å². The van der Waals surface area contributed by atoms with Crippen LogP contribution >= 0.6 is 0 Å². The third-order valence-corrected chi connectivity index (χ3v) is 5.08. The third kappa shape index (κ3) is 3.82. The SMILES string of the molecule is CCN(CC)Cc1cnc2c(C(=O)N3CCC[C@@H](CN)C3)cnn2c1. The number of likely N-dealkylation sites (tertiary alicyclic amines) is 1. The highest BCUT2D eigenvalue weighted by Crippen LogP contribution is 2.19. The number of carbonyl (C=O) groups is 1. The van der Waals surface area contributed by atoms with Crippen molar-refractivity contribution in [2.45, 2.75) is 33.2 Å². The van der Waals surface area contributed by atoms with Crippen LogP contribution in [0.3, 0.4) is 0 Å². The van der Waals surface area contributed by atoms with Gasteiger partial charge in [-0.05, 0) is 38.4 Å². The maximum absolute atomic E-state index is 12.9. The van der Waals surface area contributed by atoms with Gasteiger partial charge in [-0.15, -0.1) is 0 Å². The zero-order chi connectivity index (χ0) is 17.8. The van der Waals surface area contributed by atoms with Crippen molar-refractivity contribution in [3.63, 3.8) is 0 Å². The molecule has 1 atom stereocenters. The molecule has 0 aromatic carbocycles. The molecule has 0 spiro atoms. The van der Waals surface area contributed by atoms with Gasteiger partial charge < -0.3 is 10.6 Å². The fourth-order valence-electron chi connectivity index (χ4n) is 3.46. The summed E-state index contributed by atoms with van der Waals surface area (Å²) in [6.07, 6.45) is 7.56. The maximum Gasteiger partial charge on any atom is 0.259 e. The number of piperidine rings is 1. The summed E-state index contributed by atoms with van der Waals surface area (Å²) >= 11 is 0. The Morgan fingerprint density at radius 1 is 1.36 bits per heavy atom. The maximum atomic E-state index is 12.9. The molecular formula is C18H28N6O. The normalized spacial score (nSPS) is 18.2. The first-order chi connectivity index (χ1) is 12.2. The highest BCUT2D eigenvalue weighted by Gasteiger charge is 2.26. The molecule has 0 radical (unpaired) electrons. The molecule has 7 nitrogen and oxygen atoms in total. The number of nitrogens with zero attached hydrogens (tertiary/aromatic N) is 5. The van der Waals surface area contributed by atoms with Crippen LogP contribution in [0.4, 0.5) is 0 Å². The molecule has 1 saturated heterocycles. The molecule has 136 valence electrons. The zero-order valence-electron chi connectivity index (χ0n) is 15.2. The van der Waals surface area contributed by atoms with Gasteiger partial charge in [0.05, 0.1) is 6.20 Å². The van der Waals surface area contributed by atoms with Gasteiger partial charge in [-0.1, -0.05) is 13.8 Å². The molecule has 3 rings (SSSR count). The van der Waals surface area contributed by atoms with E-state index in [-0.39, 0.29) is 5.91 Å². The first-order valence-corrected chi connectivity index (χ1v) is 9.20. The quantitative estimate of drug-likeness (QED) is 0.856. The van der Waals surface area contributed by atoms with E-state index < -0.39 is 0 Å². The number of rotatable bonds is 6. The van der Waals surface area contributed by atoms with Gasteiger partial charge in [0.25, 0.3) is 5.91 Å². The van der Waals surface area contributed by atoms with Crippen LogP contribution in [0.1, 0.15) is 42.6 Å². The second-order valence-electron chi connectivity index (χ2n) is 6.75. The van der Waals surface area contributed by atoms with Crippen molar-refractivity contribution in [1.29, 1.82) is 0 Å². The molecule has 0 aliphatic carbocycles. The van der Waals surface area contributed by atoms with Gasteiger partial charge in [0.1, 0.15) is 5.56 Å². The van der Waals surface area contributed by atoms with Crippen molar-refractivity contribution in [2.24, 2.45) is 11.7 Å². The topological polar surface area (TPSA) is 79.8 Å². The summed E-state index contributed by atoms with van der Waals surface area (Å²) in [6, 6.07) is 0. The van der Waals surface area contributed by atoms with Crippen molar-refractivity contribution in [1.82, 2.24) is 24.4 Å². The molecule has 3 heterocycles. The van der Waals surface area contributed by atoms with Gasteiger partial charge in [-0.2, -0.15) is 5.10 Å². The molecule has 25 heavy (non-hydrogen) atoms. The van der Waals surface area contributed by atoms with Gasteiger partial charge in [-0.3, -0.25) is 9.69 Å². The predicted molar refractivity (Wildman–Crippen MR) is 97.3 cm³/mol. The summed E-state index contributed by atoms with van der Waals surface area (Å²) in [7, 11) is 0. The van der Waals surface area contributed by atoms with Gasteiger partial charge in [0.2, 0.25) is 0 Å². The molecule has 1 aliphatic rings. The molecule has 2 aromatic heterocycles. The molecule has 0 saturated carbocycles. The van der Waals surface area contributed by atoms with E-state index in [2.05, 4.69) is 28.8 Å². The van der Waals surface area contributed by atoms with Crippen LogP contribution < -0.4 is 5.73 Å². The van der Waals surface area contributed by atoms with Crippen LogP contribution in [0.15, 0.2) is 18.6 Å². The molecule has 2 N–H and O–H groups in total. The van der Waals surface area contributed by atoms with E-state index in [1.54, 1.807) is 10.7 Å². The van der Waals surface area contributed by atoms with E-state index >= 15 is 0 Å². The summed E-state index contributed by atoms with van der Waals surface area (Å²) in [6.45, 7) is 9.26. The Hall–Kier alpha value is -1.99. The number of amides is 1. The monoisotopic (exact) mass is 344 g/mol. The standard InChI is InChI=1S/C18H28N6O/c1-3-22(4-2)11-15-9-20-17-16(10-21-24(17)13-15)18(25)23-7-5-6-14(8-19)12-23/h9-10,13-14H,3-8,11-12,19H2,1-2H3/t14-/m0/s1. The summed E-state index contributed by atoms with van der Waals surface area (Å²) < 4.78 is 1.72. The van der Waals surface area contributed by atoms with Crippen molar-refractivity contribution in [3.8, 4) is 0 Å². The number of carbonyl (C=O) groups excluding carboxylic acids is 1. The molecule has 1 fully saturated rings. The van der Waals surface area contributed by atoms with Crippen LogP contribution in [-0.2, 0) is 6.54 Å². The number of hydrogen-bond donors (Lipinski definition) is 1. The lowest BCUT2D eigenvalue weighted by atomic mass is 9.98. The van der Waals surface area contributed by atoms with Crippen molar-refractivity contribution < 1.29 is 4.79 Å². The Balaban J connectivity index is 1.79. The van der Waals surface area contributed by atoms with Gasteiger partial charge in [-0.25, -0.2) is 9.50 Å². The van der Waals surface area contributed by atoms with Crippen LogP contribution in [0, 0.1) is 5.92 Å². The van der Waals surface area contributed by atoms with E-state index in [1.807, 2.05) is 17.3 Å². The fraction of sp³-hybridized carbons (Fsp3) is 0.611. The number of fused-ring (bicyclic) bond motifs is 1. The van der Waals surface area contributed by atoms with Crippen LogP contribution in [0.2, 0.25) is 0 Å². The molecule has 1 aliphatic heterocycles. The van der Waals surface area contributed by atoms with Crippen molar-refractivity contribution in [3.05, 3.63) is 29.7 Å². The largest absolute Gasteiger partial charge is 0.338 e. The minimum atomic E-state index is 0.0112. The highest BCUT2D eigenvalue weighted by molar-refractivity contribution is 5.99. The number of aromatic nitrogens is 3. The minimum absolute atomic E-state index is 0.0112. The molecule has 7 heteroatoms. The lowest BCUT2D eigenvalue weighted by Crippen LogP contribution is -2.42. The van der Waals surface area contributed by atoms with Gasteiger partial charge in [0.15, 0.2) is 5.65 Å². The van der Waals surface area contributed by atoms with E-state index in [9.17, 15) is 4.79 Å². The summed E-state index contributed by atoms with van der Waals surface area (Å²) in [4.78, 5) is 21.6. The van der Waals surface area contributed by atoms with Crippen LogP contribution in [-0.4, -0.2) is 63.0 Å². The lowest BCUT2D eigenvalue weighted by molar-refractivity contribution is 0.0680. The first kappa shape index (κ1) is 17.8. The van der Waals surface area contributed by atoms with Crippen molar-refractivity contribution >= 4 is 11.6 Å². The summed E-state index contributed by atoms with van der Waals surface area (Å²) in [5.74, 6) is 0.408. The molecule has 1 amide bonds. The second-order valence-corrected chi connectivity index (χ2v) is 6.75. The lowest BCUT2D eigenvalue weighted by Gasteiger charge is -2.31. The molecule has 0 unspecified atom stereocenters. The van der Waals surface area contributed by atoms with E-state index in [1.165, 1.54) is 0 Å². The second kappa shape index (κ2) is 7.93. The summed E-state index contributed by atoms with van der Waals surface area (Å²) in [5, 5.41) is 4.36. The van der Waals surface area contributed by atoms with Gasteiger partial charge >= 0.3 is 0 Å². The first-order valence-electron chi connectivity index (χ1n) is 9.20. The number of nitrogens with two attached hydrogens (primary N) is 1. The molecule has 2 aromatic rings. The smallest absolute Gasteiger partial charge is 0.259 e. The van der Waals surface area contributed by atoms with E-state index in [0.717, 1.165) is 51.1 Å². The Morgan fingerprint density at radius 3 is 2.88 bits per heavy atom. The van der Waals surface area contributed by atoms with Crippen LogP contribution in [0.5, 0.6) is 0 Å². The minimum Gasteiger partial charge on any atom is -0.338 e.